The zero-order valence-electron chi connectivity index (χ0n) is 36.8. The number of aliphatic carboxylic acids is 1. The first-order chi connectivity index (χ1) is 30.6. The second-order valence-corrected chi connectivity index (χ2v) is 19.3. The third kappa shape index (κ3) is 18.9. The number of benzene rings is 2. The number of phenolic OH excluding ortho intramolecular Hbond substituents is 1. The molecular weight excluding hydrogens is 883 g/mol. The molecule has 0 radical (unpaired) electrons. The Bertz CT molecular complexity index is 2000. The molecule has 65 heavy (non-hydrogen) atoms. The van der Waals surface area contributed by atoms with E-state index in [2.05, 4.69) is 42.2 Å². The molecule has 1 aliphatic rings. The molecule has 15 N–H and O–H groups in total. The van der Waals surface area contributed by atoms with Gasteiger partial charge in [-0.15, -0.1) is 0 Å². The molecule has 0 saturated carbocycles. The Morgan fingerprint density at radius 3 is 2.22 bits per heavy atom. The van der Waals surface area contributed by atoms with Gasteiger partial charge in [-0.3, -0.25) is 38.6 Å². The minimum atomic E-state index is -1.36. The van der Waals surface area contributed by atoms with Gasteiger partial charge in [-0.2, -0.15) is 0 Å². The van der Waals surface area contributed by atoms with Gasteiger partial charge in [-0.1, -0.05) is 77.9 Å². The summed E-state index contributed by atoms with van der Waals surface area (Å²) in [6.45, 7) is 5.78. The summed E-state index contributed by atoms with van der Waals surface area (Å²) in [5.41, 5.74) is 18.5. The number of hydrogen-bond donors (Lipinski definition) is 12. The number of nitrogens with two attached hydrogens (primary N) is 3. The average Bonchev–Trinajstić information content (AvgIpc) is 3.24. The molecule has 356 valence electrons. The number of amides is 7. The third-order valence-corrected chi connectivity index (χ3v) is 13.1. The van der Waals surface area contributed by atoms with E-state index in [0.29, 0.717) is 11.1 Å². The first-order valence-corrected chi connectivity index (χ1v) is 23.2. The largest absolute Gasteiger partial charge is 0.508 e. The molecule has 0 spiro atoms. The van der Waals surface area contributed by atoms with Gasteiger partial charge < -0.3 is 64.6 Å². The molecular formula is C42H61N11O10S2. The van der Waals surface area contributed by atoms with Gasteiger partial charge in [0.1, 0.15) is 36.0 Å². The lowest BCUT2D eigenvalue weighted by molar-refractivity contribution is -0.142. The molecule has 0 aromatic heterocycles. The van der Waals surface area contributed by atoms with Crippen LogP contribution in [0.15, 0.2) is 59.6 Å². The monoisotopic (exact) mass is 943 g/mol. The van der Waals surface area contributed by atoms with Crippen LogP contribution >= 0.6 is 21.6 Å². The van der Waals surface area contributed by atoms with Crippen molar-refractivity contribution in [2.24, 2.45) is 28.1 Å². The molecule has 1 saturated heterocycles. The number of phenols is 1. The molecule has 2 aromatic rings. The predicted molar refractivity (Wildman–Crippen MR) is 247 cm³/mol. The third-order valence-electron chi connectivity index (χ3n) is 9.81. The van der Waals surface area contributed by atoms with Crippen LogP contribution in [0.5, 0.6) is 5.75 Å². The fourth-order valence-electron chi connectivity index (χ4n) is 6.39. The maximum absolute atomic E-state index is 14.2. The minimum Gasteiger partial charge on any atom is -0.508 e. The van der Waals surface area contributed by atoms with E-state index in [4.69, 9.17) is 17.2 Å². The number of aliphatic imine (C=N–C) groups is 1. The lowest BCUT2D eigenvalue weighted by Crippen LogP contribution is -2.61. The molecule has 6 atom stereocenters. The summed E-state index contributed by atoms with van der Waals surface area (Å²) in [5.74, 6) is -6.90. The Kier molecular flexibility index (Phi) is 21.3. The summed E-state index contributed by atoms with van der Waals surface area (Å²) >= 11 is 0. The van der Waals surface area contributed by atoms with Crippen LogP contribution in [0.2, 0.25) is 0 Å². The van der Waals surface area contributed by atoms with Crippen LogP contribution < -0.4 is 54.4 Å². The molecule has 23 heteroatoms. The van der Waals surface area contributed by atoms with Crippen molar-refractivity contribution in [1.82, 2.24) is 37.2 Å². The molecule has 0 aliphatic carbocycles. The second kappa shape index (κ2) is 26.0. The van der Waals surface area contributed by atoms with Crippen molar-refractivity contribution in [2.75, 3.05) is 25.4 Å². The number of aromatic hydroxyl groups is 1. The van der Waals surface area contributed by atoms with E-state index in [-0.39, 0.29) is 62.0 Å². The van der Waals surface area contributed by atoms with E-state index < -0.39 is 101 Å². The Balaban J connectivity index is 1.91. The van der Waals surface area contributed by atoms with Gasteiger partial charge in [0.25, 0.3) is 0 Å². The molecule has 1 aliphatic heterocycles. The Labute approximate surface area is 385 Å². The van der Waals surface area contributed by atoms with Gasteiger partial charge in [0.15, 0.2) is 5.96 Å². The lowest BCUT2D eigenvalue weighted by Gasteiger charge is -2.34. The number of nitrogens with one attached hydrogen (secondary N) is 7. The number of guanidine groups is 1. The molecule has 2 aromatic carbocycles. The van der Waals surface area contributed by atoms with Crippen molar-refractivity contribution in [1.29, 1.82) is 0 Å². The Morgan fingerprint density at radius 2 is 1.58 bits per heavy atom. The zero-order valence-corrected chi connectivity index (χ0v) is 38.4. The van der Waals surface area contributed by atoms with Crippen LogP contribution in [0.3, 0.4) is 0 Å². The number of carbonyl (C=O) groups excluding carboxylic acids is 7. The summed E-state index contributed by atoms with van der Waals surface area (Å²) in [4.78, 5) is 111. The Morgan fingerprint density at radius 1 is 0.908 bits per heavy atom. The summed E-state index contributed by atoms with van der Waals surface area (Å²) in [6, 6.07) is 7.37. The van der Waals surface area contributed by atoms with Crippen molar-refractivity contribution in [2.45, 2.75) is 101 Å². The van der Waals surface area contributed by atoms with E-state index in [0.717, 1.165) is 21.6 Å². The van der Waals surface area contributed by atoms with E-state index >= 15 is 0 Å². The van der Waals surface area contributed by atoms with Gasteiger partial charge in [0.2, 0.25) is 41.4 Å². The summed E-state index contributed by atoms with van der Waals surface area (Å²) in [5, 5.41) is 37.3. The topological polar surface area (TPSA) is 352 Å². The summed E-state index contributed by atoms with van der Waals surface area (Å²) < 4.78 is -1.15. The van der Waals surface area contributed by atoms with Crippen molar-refractivity contribution >= 4 is 74.9 Å². The molecule has 1 fully saturated rings. The highest BCUT2D eigenvalue weighted by Gasteiger charge is 2.40. The van der Waals surface area contributed by atoms with Gasteiger partial charge in [0, 0.05) is 23.5 Å². The van der Waals surface area contributed by atoms with E-state index in [1.54, 1.807) is 70.2 Å². The van der Waals surface area contributed by atoms with Crippen LogP contribution in [0, 0.1) is 5.92 Å². The number of rotatable bonds is 19. The number of nitrogens with zero attached hydrogens (tertiary/aromatic N) is 1. The standard InChI is InChI=1S/C42H61N11O10S2/c1-23(2)17-30(40(62)63)50-33(56)20-47-36(58)28(11-8-16-46-41(44)45)51-38(60)31-22-64-65-42(3,4)34(53-35(57)27(43)18-25-12-14-26(54)15-13-25)39(61)48-21-32(55)49-29(37(59)52-31)19-24-9-6-5-7-10-24/h5-7,9-10,12-15,23,27-31,34,54H,8,11,16-22,43H2,1-4H3,(H,47,58)(H,48,61)(H,49,55)(H,50,56)(H,51,60)(H,52,59)(H,53,57)(H,62,63)(H4,44,45,46)/t27-,28-,29?,30-,31?,34-/m0/s1. The molecule has 2 unspecified atom stereocenters. The van der Waals surface area contributed by atoms with Crippen molar-refractivity contribution in [3.8, 4) is 5.75 Å². The van der Waals surface area contributed by atoms with E-state index in [1.165, 1.54) is 12.1 Å². The fourth-order valence-corrected chi connectivity index (χ4v) is 9.20. The van der Waals surface area contributed by atoms with Gasteiger partial charge >= 0.3 is 5.97 Å². The predicted octanol–water partition coefficient (Wildman–Crippen LogP) is -1.48. The van der Waals surface area contributed by atoms with Gasteiger partial charge in [-0.05, 0) is 68.7 Å². The Hall–Kier alpha value is -6.07. The molecule has 7 amide bonds. The van der Waals surface area contributed by atoms with Crippen molar-refractivity contribution in [3.63, 3.8) is 0 Å². The minimum absolute atomic E-state index is 0.00891. The highest BCUT2D eigenvalue weighted by atomic mass is 33.1. The normalized spacial score (nSPS) is 19.4. The van der Waals surface area contributed by atoms with E-state index in [1.807, 2.05) is 0 Å². The quantitative estimate of drug-likeness (QED) is 0.0331. The van der Waals surface area contributed by atoms with E-state index in [9.17, 15) is 48.6 Å². The molecule has 0 bridgehead atoms. The lowest BCUT2D eigenvalue weighted by atomic mass is 10.0. The highest BCUT2D eigenvalue weighted by Crippen LogP contribution is 2.39. The van der Waals surface area contributed by atoms with Crippen LogP contribution in [-0.4, -0.2) is 130 Å². The number of hydrogen-bond acceptors (Lipinski definition) is 13. The summed E-state index contributed by atoms with van der Waals surface area (Å²) in [6.07, 6.45) is 0.370. The second-order valence-electron chi connectivity index (χ2n) is 16.3. The number of carboxylic acid groups (broad SMARTS) is 1. The number of carboxylic acids is 1. The van der Waals surface area contributed by atoms with Gasteiger partial charge in [-0.25, -0.2) is 4.79 Å². The molecule has 21 nitrogen and oxygen atoms in total. The average molecular weight is 944 g/mol. The van der Waals surface area contributed by atoms with Crippen LogP contribution in [0.4, 0.5) is 0 Å². The maximum Gasteiger partial charge on any atom is 0.326 e. The number of carbonyl (C=O) groups is 8. The maximum atomic E-state index is 14.2. The first kappa shape index (κ1) is 53.3. The molecule has 3 rings (SSSR count). The first-order valence-electron chi connectivity index (χ1n) is 20.9. The van der Waals surface area contributed by atoms with Crippen LogP contribution in [0.1, 0.15) is 58.1 Å². The van der Waals surface area contributed by atoms with Crippen molar-refractivity contribution in [3.05, 3.63) is 65.7 Å². The SMILES string of the molecule is CC(C)C[C@H](NC(=O)CNC(=O)[C@H](CCCN=C(N)N)NC(=O)C1CSSC(C)(C)[C@@H](NC(=O)[C@@H](N)Cc2ccc(O)cc2)C(=O)NCC(=O)NC(Cc2ccccc2)C(=O)N1)C(=O)O. The summed E-state index contributed by atoms with van der Waals surface area (Å²) in [7, 11) is 2.19. The van der Waals surface area contributed by atoms with Crippen LogP contribution in [-0.2, 0) is 51.2 Å². The van der Waals surface area contributed by atoms with Crippen LogP contribution in [0.25, 0.3) is 0 Å². The fraction of sp³-hybridized carbons (Fsp3) is 0.500. The smallest absolute Gasteiger partial charge is 0.326 e. The van der Waals surface area contributed by atoms with Gasteiger partial charge in [0.05, 0.1) is 19.1 Å². The molecule has 1 heterocycles. The van der Waals surface area contributed by atoms with Crippen molar-refractivity contribution < 1.29 is 48.6 Å². The zero-order chi connectivity index (χ0) is 48.3. The highest BCUT2D eigenvalue weighted by molar-refractivity contribution is 8.77.